The van der Waals surface area contributed by atoms with Gasteiger partial charge in [0.25, 0.3) is 0 Å². The lowest BCUT2D eigenvalue weighted by Gasteiger charge is -2.36. The highest BCUT2D eigenvalue weighted by Gasteiger charge is 2.44. The molecule has 2 fully saturated rings. The minimum atomic E-state index is -4.60. The van der Waals surface area contributed by atoms with Gasteiger partial charge >= 0.3 is 12.5 Å². The molecule has 2 aliphatic heterocycles. The van der Waals surface area contributed by atoms with E-state index < -0.39 is 45.9 Å². The van der Waals surface area contributed by atoms with Crippen molar-refractivity contribution in [1.82, 2.24) is 9.79 Å². The lowest BCUT2D eigenvalue weighted by molar-refractivity contribution is -0.253. The number of rotatable bonds is 9. The predicted molar refractivity (Wildman–Crippen MR) is 113 cm³/mol. The number of sulfonamides is 1. The summed E-state index contributed by atoms with van der Waals surface area (Å²) in [5.74, 6) is -2.73. The summed E-state index contributed by atoms with van der Waals surface area (Å²) in [5, 5.41) is 9.08. The Hall–Kier alpha value is -2.16. The number of halogens is 4. The number of nitrogens with zero attached hydrogens (tertiary/aromatic N) is 2. The molecule has 1 amide bonds. The fourth-order valence-electron chi connectivity index (χ4n) is 4.11. The molecule has 0 spiro atoms. The molecule has 14 heteroatoms. The first-order valence-corrected chi connectivity index (χ1v) is 12.3. The van der Waals surface area contributed by atoms with Crippen LogP contribution >= 0.6 is 0 Å². The van der Waals surface area contributed by atoms with E-state index in [9.17, 15) is 30.8 Å². The number of alkyl halides is 4. The van der Waals surface area contributed by atoms with Crippen molar-refractivity contribution < 1.29 is 45.5 Å². The largest absolute Gasteiger partial charge is 0.461 e. The van der Waals surface area contributed by atoms with Crippen molar-refractivity contribution in [1.29, 1.82) is 0 Å². The topological polar surface area (TPSA) is 108 Å². The van der Waals surface area contributed by atoms with Gasteiger partial charge in [0.2, 0.25) is 15.9 Å². The number of carbonyl (C=O) groups is 1. The summed E-state index contributed by atoms with van der Waals surface area (Å²) in [6, 6.07) is 5.13. The highest BCUT2D eigenvalue weighted by molar-refractivity contribution is 7.89. The number of hydroxylamine groups is 1. The number of ether oxygens (including phenoxy) is 2. The van der Waals surface area contributed by atoms with E-state index in [0.29, 0.717) is 44.8 Å². The first-order chi connectivity index (χ1) is 16.0. The summed E-state index contributed by atoms with van der Waals surface area (Å²) in [5.41, 5.74) is 2.16. The van der Waals surface area contributed by atoms with Gasteiger partial charge in [-0.3, -0.25) is 10.0 Å². The summed E-state index contributed by atoms with van der Waals surface area (Å²) >= 11 is 0. The summed E-state index contributed by atoms with van der Waals surface area (Å²) in [6.45, 7) is 1.68. The number of hydrogen-bond donors (Lipinski definition) is 2. The van der Waals surface area contributed by atoms with Gasteiger partial charge in [-0.05, 0) is 43.0 Å². The maximum absolute atomic E-state index is 13.0. The second-order valence-corrected chi connectivity index (χ2v) is 10.2. The standard InChI is InChI=1S/C20H27F4N3O6S/c21-19(22)20(23,24)33-16-3-1-15(2-4-16)26-7-9-27(10-8-26)34(30,31)13-17(18(28)25-29)14-5-11-32-12-6-14/h1-4,14,17,19,29H,5-13H2,(H,25,28)/t17-/m0/s1. The molecule has 0 saturated carbocycles. The second kappa shape index (κ2) is 11.1. The molecule has 3 rings (SSSR count). The molecule has 0 unspecified atom stereocenters. The van der Waals surface area contributed by atoms with Crippen molar-refractivity contribution in [2.45, 2.75) is 25.4 Å². The van der Waals surface area contributed by atoms with E-state index in [0.717, 1.165) is 12.1 Å². The van der Waals surface area contributed by atoms with Crippen LogP contribution in [0, 0.1) is 11.8 Å². The number of hydrogen-bond acceptors (Lipinski definition) is 7. The molecular formula is C20H27F4N3O6S. The van der Waals surface area contributed by atoms with Crippen molar-refractivity contribution in [3.8, 4) is 5.75 Å². The van der Waals surface area contributed by atoms with Crippen molar-refractivity contribution in [3.63, 3.8) is 0 Å². The van der Waals surface area contributed by atoms with Crippen molar-refractivity contribution in [2.24, 2.45) is 11.8 Å². The molecule has 1 aromatic carbocycles. The van der Waals surface area contributed by atoms with E-state index >= 15 is 0 Å². The van der Waals surface area contributed by atoms with Crippen LogP contribution in [-0.2, 0) is 19.6 Å². The normalized spacial score (nSPS) is 19.8. The molecule has 34 heavy (non-hydrogen) atoms. The minimum Gasteiger partial charge on any atom is -0.428 e. The van der Waals surface area contributed by atoms with Gasteiger partial charge in [-0.15, -0.1) is 0 Å². The Morgan fingerprint density at radius 2 is 1.74 bits per heavy atom. The Morgan fingerprint density at radius 3 is 2.26 bits per heavy atom. The number of nitrogens with one attached hydrogen (secondary N) is 1. The minimum absolute atomic E-state index is 0.130. The molecule has 0 aromatic heterocycles. The number of carbonyl (C=O) groups excluding carboxylic acids is 1. The van der Waals surface area contributed by atoms with Gasteiger partial charge < -0.3 is 14.4 Å². The Kier molecular flexibility index (Phi) is 8.60. The third-order valence-electron chi connectivity index (χ3n) is 6.01. The molecule has 2 heterocycles. The van der Waals surface area contributed by atoms with Gasteiger partial charge in [0.05, 0.1) is 11.7 Å². The molecule has 2 saturated heterocycles. The Morgan fingerprint density at radius 1 is 1.15 bits per heavy atom. The smallest absolute Gasteiger partial charge is 0.428 e. The molecule has 0 bridgehead atoms. The van der Waals surface area contributed by atoms with E-state index in [2.05, 4.69) is 4.74 Å². The zero-order valence-electron chi connectivity index (χ0n) is 18.2. The average molecular weight is 514 g/mol. The van der Waals surface area contributed by atoms with Crippen molar-refractivity contribution >= 4 is 21.6 Å². The Balaban J connectivity index is 1.59. The summed E-state index contributed by atoms with van der Waals surface area (Å²) in [7, 11) is -3.81. The third-order valence-corrected chi connectivity index (χ3v) is 7.95. The van der Waals surface area contributed by atoms with Crippen LogP contribution in [0.2, 0.25) is 0 Å². The van der Waals surface area contributed by atoms with E-state index in [1.54, 1.807) is 5.48 Å². The maximum Gasteiger partial charge on any atom is 0.461 e. The molecule has 0 radical (unpaired) electrons. The Bertz CT molecular complexity index is 921. The molecule has 9 nitrogen and oxygen atoms in total. The first kappa shape index (κ1) is 26.4. The van der Waals surface area contributed by atoms with Crippen LogP contribution in [0.25, 0.3) is 0 Å². The Labute approximate surface area is 194 Å². The number of amides is 1. The van der Waals surface area contributed by atoms with Gasteiger partial charge in [0.1, 0.15) is 5.75 Å². The van der Waals surface area contributed by atoms with Gasteiger partial charge in [-0.1, -0.05) is 0 Å². The number of piperazine rings is 1. The highest BCUT2D eigenvalue weighted by atomic mass is 32.2. The maximum atomic E-state index is 13.0. The molecule has 1 atom stereocenters. The first-order valence-electron chi connectivity index (χ1n) is 10.7. The van der Waals surface area contributed by atoms with Gasteiger partial charge in [-0.2, -0.15) is 21.9 Å². The number of anilines is 1. The fraction of sp³-hybridized carbons (Fsp3) is 0.650. The van der Waals surface area contributed by atoms with Crippen LogP contribution in [0.4, 0.5) is 23.2 Å². The second-order valence-electron chi connectivity index (χ2n) is 8.16. The summed E-state index contributed by atoms with van der Waals surface area (Å²) in [4.78, 5) is 14.0. The van der Waals surface area contributed by atoms with Crippen LogP contribution in [0.1, 0.15) is 12.8 Å². The van der Waals surface area contributed by atoms with Crippen molar-refractivity contribution in [3.05, 3.63) is 24.3 Å². The SMILES string of the molecule is O=C(NO)[C@@H](CS(=O)(=O)N1CCN(c2ccc(OC(F)(F)C(F)F)cc2)CC1)C1CCOCC1. The lowest BCUT2D eigenvalue weighted by atomic mass is 9.87. The molecule has 2 aliphatic rings. The van der Waals surface area contributed by atoms with Crippen LogP contribution in [0.3, 0.4) is 0 Å². The molecule has 0 aliphatic carbocycles. The summed E-state index contributed by atoms with van der Waals surface area (Å²) in [6.07, 6.45) is -7.53. The quantitative estimate of drug-likeness (QED) is 0.295. The van der Waals surface area contributed by atoms with Gasteiger partial charge in [0, 0.05) is 45.1 Å². The molecule has 1 aromatic rings. The predicted octanol–water partition coefficient (Wildman–Crippen LogP) is 1.92. The highest BCUT2D eigenvalue weighted by Crippen LogP contribution is 2.30. The van der Waals surface area contributed by atoms with E-state index in [-0.39, 0.29) is 19.0 Å². The molecule has 192 valence electrons. The van der Waals surface area contributed by atoms with Gasteiger partial charge in [0.15, 0.2) is 0 Å². The lowest BCUT2D eigenvalue weighted by Crippen LogP contribution is -2.51. The van der Waals surface area contributed by atoms with E-state index in [1.807, 2.05) is 4.90 Å². The average Bonchev–Trinajstić information content (AvgIpc) is 2.83. The zero-order valence-corrected chi connectivity index (χ0v) is 19.0. The fourth-order valence-corrected chi connectivity index (χ4v) is 5.92. The van der Waals surface area contributed by atoms with Gasteiger partial charge in [-0.25, -0.2) is 13.9 Å². The van der Waals surface area contributed by atoms with Crippen LogP contribution in [0.15, 0.2) is 24.3 Å². The zero-order chi connectivity index (χ0) is 24.9. The van der Waals surface area contributed by atoms with Crippen molar-refractivity contribution in [2.75, 3.05) is 50.0 Å². The monoisotopic (exact) mass is 513 g/mol. The van der Waals surface area contributed by atoms with E-state index in [1.165, 1.54) is 16.4 Å². The summed E-state index contributed by atoms with van der Waals surface area (Å²) < 4.78 is 87.2. The van der Waals surface area contributed by atoms with Crippen LogP contribution in [-0.4, -0.2) is 81.5 Å². The van der Waals surface area contributed by atoms with E-state index in [4.69, 9.17) is 9.94 Å². The molecular weight excluding hydrogens is 486 g/mol. The van der Waals surface area contributed by atoms with Crippen LogP contribution < -0.4 is 15.1 Å². The third kappa shape index (κ3) is 6.49. The molecule has 2 N–H and O–H groups in total. The van der Waals surface area contributed by atoms with Crippen LogP contribution in [0.5, 0.6) is 5.75 Å². The number of benzene rings is 1.